The number of aromatic amines is 1. The number of carboxylic acid groups (broad SMARTS) is 1. The van der Waals surface area contributed by atoms with Crippen molar-refractivity contribution in [3.63, 3.8) is 0 Å². The molecule has 0 aliphatic carbocycles. The fourth-order valence-electron chi connectivity index (χ4n) is 2.94. The van der Waals surface area contributed by atoms with E-state index in [4.69, 9.17) is 9.84 Å². The number of aromatic carboxylic acids is 1. The molecule has 5 nitrogen and oxygen atoms in total. The number of imidazole rings is 1. The molecule has 136 valence electrons. The van der Waals surface area contributed by atoms with E-state index < -0.39 is 5.97 Å². The van der Waals surface area contributed by atoms with Gasteiger partial charge in [0, 0.05) is 12.0 Å². The molecule has 0 bridgehead atoms. The number of hydrogen-bond acceptors (Lipinski definition) is 3. The zero-order chi connectivity index (χ0) is 19.1. The van der Waals surface area contributed by atoms with Gasteiger partial charge in [-0.05, 0) is 41.3 Å². The van der Waals surface area contributed by atoms with Crippen molar-refractivity contribution in [2.75, 3.05) is 7.11 Å². The molecule has 0 radical (unpaired) electrons. The monoisotopic (exact) mass is 356 g/mol. The second kappa shape index (κ2) is 6.44. The van der Waals surface area contributed by atoms with Gasteiger partial charge in [0.15, 0.2) is 0 Å². The summed E-state index contributed by atoms with van der Waals surface area (Å²) in [6.45, 7) is 6.01. The van der Waals surface area contributed by atoms with E-state index in [1.165, 1.54) is 18.2 Å². The molecular formula is C20H21FN2O3. The Bertz CT molecular complexity index is 987. The Hall–Kier alpha value is -2.89. The first kappa shape index (κ1) is 17.9. The van der Waals surface area contributed by atoms with Gasteiger partial charge < -0.3 is 14.8 Å². The van der Waals surface area contributed by atoms with E-state index in [0.29, 0.717) is 28.2 Å². The second-order valence-electron chi connectivity index (χ2n) is 7.29. The van der Waals surface area contributed by atoms with Crippen LogP contribution in [0.15, 0.2) is 30.3 Å². The van der Waals surface area contributed by atoms with Crippen molar-refractivity contribution >= 4 is 17.0 Å². The summed E-state index contributed by atoms with van der Waals surface area (Å²) in [6.07, 6.45) is 0.254. The molecule has 2 aromatic carbocycles. The van der Waals surface area contributed by atoms with Crippen molar-refractivity contribution < 1.29 is 19.0 Å². The van der Waals surface area contributed by atoms with Crippen LogP contribution >= 0.6 is 0 Å². The number of fused-ring (bicyclic) bond motifs is 1. The lowest BCUT2D eigenvalue weighted by Gasteiger charge is -2.23. The fraction of sp³-hybridized carbons (Fsp3) is 0.300. The van der Waals surface area contributed by atoms with Crippen LogP contribution in [0.2, 0.25) is 0 Å². The van der Waals surface area contributed by atoms with Gasteiger partial charge >= 0.3 is 5.97 Å². The Balaban J connectivity index is 1.98. The molecule has 0 spiro atoms. The molecule has 0 atom stereocenters. The molecule has 0 saturated carbocycles. The summed E-state index contributed by atoms with van der Waals surface area (Å²) in [5.41, 5.74) is 2.45. The third-order valence-corrected chi connectivity index (χ3v) is 4.31. The second-order valence-corrected chi connectivity index (χ2v) is 7.29. The number of hydrogen-bond donors (Lipinski definition) is 2. The standard InChI is InChI=1S/C20H21FN2O3/c1-20(2,3)13-10-14(21)12(8-17(13)26-4)9-18-22-15-6-5-11(19(24)25)7-16(15)23-18/h5-8,10H,9H2,1-4H3,(H,22,23)(H,24,25). The van der Waals surface area contributed by atoms with E-state index in [1.807, 2.05) is 20.8 Å². The number of nitrogens with zero attached hydrogens (tertiary/aromatic N) is 1. The summed E-state index contributed by atoms with van der Waals surface area (Å²) in [6, 6.07) is 7.88. The highest BCUT2D eigenvalue weighted by Gasteiger charge is 2.22. The molecule has 1 heterocycles. The number of benzene rings is 2. The van der Waals surface area contributed by atoms with Gasteiger partial charge in [-0.3, -0.25) is 0 Å². The van der Waals surface area contributed by atoms with E-state index in [2.05, 4.69) is 9.97 Å². The quantitative estimate of drug-likeness (QED) is 0.731. The van der Waals surface area contributed by atoms with Crippen LogP contribution in [0.5, 0.6) is 5.75 Å². The van der Waals surface area contributed by atoms with E-state index in [9.17, 15) is 9.18 Å². The highest BCUT2D eigenvalue weighted by molar-refractivity contribution is 5.92. The van der Waals surface area contributed by atoms with Crippen LogP contribution in [0.1, 0.15) is 48.1 Å². The third-order valence-electron chi connectivity index (χ3n) is 4.31. The Kier molecular flexibility index (Phi) is 4.44. The van der Waals surface area contributed by atoms with Crippen LogP contribution < -0.4 is 4.74 Å². The molecule has 6 heteroatoms. The zero-order valence-corrected chi connectivity index (χ0v) is 15.2. The number of aromatic nitrogens is 2. The summed E-state index contributed by atoms with van der Waals surface area (Å²) in [5.74, 6) is -0.127. The predicted molar refractivity (Wildman–Crippen MR) is 97.5 cm³/mol. The Morgan fingerprint density at radius 1 is 1.27 bits per heavy atom. The van der Waals surface area contributed by atoms with Crippen molar-refractivity contribution in [2.24, 2.45) is 0 Å². The molecule has 0 amide bonds. The SMILES string of the molecule is COc1cc(Cc2nc3cc(C(=O)O)ccc3[nH]2)c(F)cc1C(C)(C)C. The molecule has 0 fully saturated rings. The van der Waals surface area contributed by atoms with Gasteiger partial charge in [0.25, 0.3) is 0 Å². The summed E-state index contributed by atoms with van der Waals surface area (Å²) in [5, 5.41) is 9.07. The van der Waals surface area contributed by atoms with E-state index in [-0.39, 0.29) is 23.2 Å². The molecule has 3 rings (SSSR count). The maximum atomic E-state index is 14.6. The van der Waals surface area contributed by atoms with Crippen LogP contribution in [0.25, 0.3) is 11.0 Å². The lowest BCUT2D eigenvalue weighted by Crippen LogP contribution is -2.14. The van der Waals surface area contributed by atoms with Gasteiger partial charge in [0.05, 0.1) is 23.7 Å². The summed E-state index contributed by atoms with van der Waals surface area (Å²) in [7, 11) is 1.57. The Morgan fingerprint density at radius 3 is 2.62 bits per heavy atom. The normalized spacial score (nSPS) is 11.7. The number of halogens is 1. The molecular weight excluding hydrogens is 335 g/mol. The van der Waals surface area contributed by atoms with E-state index in [1.54, 1.807) is 19.2 Å². The van der Waals surface area contributed by atoms with Crippen molar-refractivity contribution in [1.82, 2.24) is 9.97 Å². The number of carboxylic acids is 1. The Morgan fingerprint density at radius 2 is 2.00 bits per heavy atom. The largest absolute Gasteiger partial charge is 0.496 e. The number of carbonyl (C=O) groups is 1. The first-order chi connectivity index (χ1) is 12.2. The highest BCUT2D eigenvalue weighted by atomic mass is 19.1. The number of nitrogens with one attached hydrogen (secondary N) is 1. The average Bonchev–Trinajstić information content (AvgIpc) is 2.96. The minimum absolute atomic E-state index is 0.165. The van der Waals surface area contributed by atoms with Gasteiger partial charge in [-0.15, -0.1) is 0 Å². The number of rotatable bonds is 4. The molecule has 26 heavy (non-hydrogen) atoms. The molecule has 1 aromatic heterocycles. The summed E-state index contributed by atoms with van der Waals surface area (Å²) >= 11 is 0. The van der Waals surface area contributed by atoms with Gasteiger partial charge in [0.2, 0.25) is 0 Å². The number of methoxy groups -OCH3 is 1. The predicted octanol–water partition coefficient (Wildman–Crippen LogP) is 4.30. The average molecular weight is 356 g/mol. The van der Waals surface area contributed by atoms with Crippen LogP contribution in [-0.2, 0) is 11.8 Å². The lowest BCUT2D eigenvalue weighted by molar-refractivity contribution is 0.0697. The van der Waals surface area contributed by atoms with Gasteiger partial charge in [-0.2, -0.15) is 0 Å². The minimum atomic E-state index is -1.01. The molecule has 0 unspecified atom stereocenters. The van der Waals surface area contributed by atoms with Crippen LogP contribution in [0.4, 0.5) is 4.39 Å². The molecule has 0 aliphatic rings. The van der Waals surface area contributed by atoms with Crippen LogP contribution in [-0.4, -0.2) is 28.2 Å². The summed E-state index contributed by atoms with van der Waals surface area (Å²) in [4.78, 5) is 18.6. The van der Waals surface area contributed by atoms with Crippen molar-refractivity contribution in [3.8, 4) is 5.75 Å². The van der Waals surface area contributed by atoms with Crippen molar-refractivity contribution in [3.05, 3.63) is 58.7 Å². The molecule has 0 aliphatic heterocycles. The van der Waals surface area contributed by atoms with Crippen LogP contribution in [0, 0.1) is 5.82 Å². The molecule has 3 aromatic rings. The van der Waals surface area contributed by atoms with E-state index in [0.717, 1.165) is 5.56 Å². The minimum Gasteiger partial charge on any atom is -0.496 e. The lowest BCUT2D eigenvalue weighted by atomic mass is 9.85. The number of ether oxygens (including phenoxy) is 1. The summed E-state index contributed by atoms with van der Waals surface area (Å²) < 4.78 is 20.1. The fourth-order valence-corrected chi connectivity index (χ4v) is 2.94. The molecule has 0 saturated heterocycles. The third kappa shape index (κ3) is 3.40. The maximum Gasteiger partial charge on any atom is 0.335 e. The van der Waals surface area contributed by atoms with E-state index >= 15 is 0 Å². The van der Waals surface area contributed by atoms with Crippen LogP contribution in [0.3, 0.4) is 0 Å². The zero-order valence-electron chi connectivity index (χ0n) is 15.2. The number of H-pyrrole nitrogens is 1. The first-order valence-electron chi connectivity index (χ1n) is 8.28. The molecule has 2 N–H and O–H groups in total. The van der Waals surface area contributed by atoms with Crippen molar-refractivity contribution in [2.45, 2.75) is 32.6 Å². The highest BCUT2D eigenvalue weighted by Crippen LogP contribution is 2.34. The van der Waals surface area contributed by atoms with Gasteiger partial charge in [-0.25, -0.2) is 14.2 Å². The van der Waals surface area contributed by atoms with Gasteiger partial charge in [-0.1, -0.05) is 20.8 Å². The van der Waals surface area contributed by atoms with Crippen molar-refractivity contribution in [1.29, 1.82) is 0 Å². The topological polar surface area (TPSA) is 75.2 Å². The van der Waals surface area contributed by atoms with Gasteiger partial charge in [0.1, 0.15) is 17.4 Å². The Labute approximate surface area is 150 Å². The smallest absolute Gasteiger partial charge is 0.335 e. The maximum absolute atomic E-state index is 14.6. The first-order valence-corrected chi connectivity index (χ1v) is 8.28.